The first-order chi connectivity index (χ1) is 9.16. The molecule has 0 radical (unpaired) electrons. The molecule has 0 saturated carbocycles. The third-order valence-electron chi connectivity index (χ3n) is 3.92. The summed E-state index contributed by atoms with van der Waals surface area (Å²) in [4.78, 5) is 0. The second-order valence-corrected chi connectivity index (χ2v) is 5.11. The second kappa shape index (κ2) is 4.74. The molecular formula is C16H15F2N. The minimum atomic E-state index is -0.790. The van der Waals surface area contributed by atoms with E-state index >= 15 is 0 Å². The van der Waals surface area contributed by atoms with Crippen LogP contribution in [0.5, 0.6) is 0 Å². The summed E-state index contributed by atoms with van der Waals surface area (Å²) >= 11 is 0. The molecule has 2 unspecified atom stereocenters. The topological polar surface area (TPSA) is 26.0 Å². The highest BCUT2D eigenvalue weighted by Crippen LogP contribution is 2.36. The number of hydrogen-bond acceptors (Lipinski definition) is 1. The Bertz CT molecular complexity index is 609. The lowest BCUT2D eigenvalue weighted by Gasteiger charge is -2.16. The van der Waals surface area contributed by atoms with Crippen molar-refractivity contribution in [1.29, 1.82) is 0 Å². The van der Waals surface area contributed by atoms with Gasteiger partial charge in [-0.05, 0) is 41.5 Å². The van der Waals surface area contributed by atoms with Gasteiger partial charge in [-0.2, -0.15) is 0 Å². The van der Waals surface area contributed by atoms with Gasteiger partial charge in [0.05, 0.1) is 0 Å². The van der Waals surface area contributed by atoms with Crippen molar-refractivity contribution in [2.24, 2.45) is 11.7 Å². The maximum absolute atomic E-state index is 13.7. The molecule has 0 aliphatic heterocycles. The van der Waals surface area contributed by atoms with Gasteiger partial charge in [-0.3, -0.25) is 0 Å². The van der Waals surface area contributed by atoms with Gasteiger partial charge in [0.1, 0.15) is 0 Å². The predicted molar refractivity (Wildman–Crippen MR) is 70.6 cm³/mol. The van der Waals surface area contributed by atoms with Crippen LogP contribution in [0.4, 0.5) is 8.78 Å². The number of nitrogens with two attached hydrogens (primary N) is 1. The summed E-state index contributed by atoms with van der Waals surface area (Å²) in [6, 6.07) is 12.2. The summed E-state index contributed by atoms with van der Waals surface area (Å²) < 4.78 is 26.9. The predicted octanol–water partition coefficient (Wildman–Crippen LogP) is 3.38. The van der Waals surface area contributed by atoms with Gasteiger partial charge >= 0.3 is 0 Å². The molecule has 2 atom stereocenters. The number of fused-ring (bicyclic) bond motifs is 1. The van der Waals surface area contributed by atoms with Gasteiger partial charge in [-0.25, -0.2) is 8.78 Å². The highest BCUT2D eigenvalue weighted by Gasteiger charge is 2.30. The van der Waals surface area contributed by atoms with Crippen LogP contribution < -0.4 is 5.73 Å². The SMILES string of the molecule is NC1c2ccccc2CC1Cc1cccc(F)c1F. The average Bonchev–Trinajstić information content (AvgIpc) is 2.73. The van der Waals surface area contributed by atoms with Crippen molar-refractivity contribution in [2.45, 2.75) is 18.9 Å². The van der Waals surface area contributed by atoms with Gasteiger partial charge in [0.15, 0.2) is 11.6 Å². The highest BCUT2D eigenvalue weighted by molar-refractivity contribution is 5.36. The zero-order chi connectivity index (χ0) is 13.4. The van der Waals surface area contributed by atoms with Crippen molar-refractivity contribution < 1.29 is 8.78 Å². The van der Waals surface area contributed by atoms with Crippen LogP contribution in [-0.2, 0) is 12.8 Å². The molecule has 0 amide bonds. The van der Waals surface area contributed by atoms with Gasteiger partial charge in [0, 0.05) is 6.04 Å². The van der Waals surface area contributed by atoms with E-state index in [0.29, 0.717) is 12.0 Å². The van der Waals surface area contributed by atoms with Gasteiger partial charge in [-0.1, -0.05) is 36.4 Å². The fourth-order valence-corrected chi connectivity index (χ4v) is 2.90. The van der Waals surface area contributed by atoms with Crippen molar-refractivity contribution in [3.63, 3.8) is 0 Å². The minimum absolute atomic E-state index is 0.0983. The van der Waals surface area contributed by atoms with E-state index in [0.717, 1.165) is 18.1 Å². The molecule has 3 rings (SSSR count). The Balaban J connectivity index is 1.85. The summed E-state index contributed by atoms with van der Waals surface area (Å²) in [5.41, 5.74) is 8.97. The molecule has 0 bridgehead atoms. The second-order valence-electron chi connectivity index (χ2n) is 5.11. The van der Waals surface area contributed by atoms with Crippen LogP contribution in [0, 0.1) is 17.6 Å². The molecule has 0 heterocycles. The van der Waals surface area contributed by atoms with Gasteiger partial charge in [0.2, 0.25) is 0 Å². The van der Waals surface area contributed by atoms with E-state index in [2.05, 4.69) is 6.07 Å². The van der Waals surface area contributed by atoms with Crippen molar-refractivity contribution in [3.8, 4) is 0 Å². The van der Waals surface area contributed by atoms with E-state index in [1.807, 2.05) is 18.2 Å². The van der Waals surface area contributed by atoms with Crippen LogP contribution in [0.25, 0.3) is 0 Å². The monoisotopic (exact) mass is 259 g/mol. The first kappa shape index (κ1) is 12.3. The molecule has 0 aromatic heterocycles. The Hall–Kier alpha value is -1.74. The van der Waals surface area contributed by atoms with Gasteiger partial charge in [0.25, 0.3) is 0 Å². The van der Waals surface area contributed by atoms with E-state index in [1.165, 1.54) is 5.56 Å². The summed E-state index contributed by atoms with van der Waals surface area (Å²) in [5, 5.41) is 0. The molecule has 3 heteroatoms. The van der Waals surface area contributed by atoms with Gasteiger partial charge in [-0.15, -0.1) is 0 Å². The Morgan fingerprint density at radius 1 is 1.05 bits per heavy atom. The maximum Gasteiger partial charge on any atom is 0.162 e. The van der Waals surface area contributed by atoms with Crippen molar-refractivity contribution >= 4 is 0 Å². The molecule has 98 valence electrons. The smallest absolute Gasteiger partial charge is 0.162 e. The normalized spacial score (nSPS) is 21.4. The Morgan fingerprint density at radius 2 is 1.84 bits per heavy atom. The zero-order valence-electron chi connectivity index (χ0n) is 10.4. The largest absolute Gasteiger partial charge is 0.324 e. The minimum Gasteiger partial charge on any atom is -0.324 e. The lowest BCUT2D eigenvalue weighted by molar-refractivity contribution is 0.441. The fourth-order valence-electron chi connectivity index (χ4n) is 2.90. The number of rotatable bonds is 2. The van der Waals surface area contributed by atoms with Crippen molar-refractivity contribution in [3.05, 3.63) is 70.8 Å². The van der Waals surface area contributed by atoms with Crippen LogP contribution in [-0.4, -0.2) is 0 Å². The Morgan fingerprint density at radius 3 is 2.63 bits per heavy atom. The molecule has 1 nitrogen and oxygen atoms in total. The highest BCUT2D eigenvalue weighted by atomic mass is 19.2. The number of benzene rings is 2. The Kier molecular flexibility index (Phi) is 3.07. The third-order valence-corrected chi connectivity index (χ3v) is 3.92. The number of halogens is 2. The summed E-state index contributed by atoms with van der Waals surface area (Å²) in [7, 11) is 0. The van der Waals surface area contributed by atoms with E-state index in [9.17, 15) is 8.78 Å². The molecule has 1 aliphatic carbocycles. The van der Waals surface area contributed by atoms with E-state index in [4.69, 9.17) is 5.73 Å². The van der Waals surface area contributed by atoms with Crippen LogP contribution in [0.3, 0.4) is 0 Å². The first-order valence-corrected chi connectivity index (χ1v) is 6.43. The summed E-state index contributed by atoms with van der Waals surface area (Å²) in [6.07, 6.45) is 1.30. The van der Waals surface area contributed by atoms with Crippen molar-refractivity contribution in [1.82, 2.24) is 0 Å². The standard InChI is InChI=1S/C16H15F2N/c17-14-7-3-5-11(15(14)18)9-12-8-10-4-1-2-6-13(10)16(12)19/h1-7,12,16H,8-9,19H2. The molecule has 2 aromatic rings. The quantitative estimate of drug-likeness (QED) is 0.879. The van der Waals surface area contributed by atoms with Gasteiger partial charge < -0.3 is 5.73 Å². The van der Waals surface area contributed by atoms with E-state index < -0.39 is 11.6 Å². The number of hydrogen-bond donors (Lipinski definition) is 1. The average molecular weight is 259 g/mol. The maximum atomic E-state index is 13.7. The molecule has 0 spiro atoms. The fraction of sp³-hybridized carbons (Fsp3) is 0.250. The lowest BCUT2D eigenvalue weighted by Crippen LogP contribution is -2.19. The molecule has 0 saturated heterocycles. The zero-order valence-corrected chi connectivity index (χ0v) is 10.4. The molecule has 2 aromatic carbocycles. The van der Waals surface area contributed by atoms with Crippen LogP contribution in [0.1, 0.15) is 22.7 Å². The third kappa shape index (κ3) is 2.15. The molecular weight excluding hydrogens is 244 g/mol. The van der Waals surface area contributed by atoms with Crippen molar-refractivity contribution in [2.75, 3.05) is 0 Å². The lowest BCUT2D eigenvalue weighted by atomic mass is 9.93. The summed E-state index contributed by atoms with van der Waals surface area (Å²) in [5.74, 6) is -1.40. The van der Waals surface area contributed by atoms with Crippen LogP contribution in [0.2, 0.25) is 0 Å². The van der Waals surface area contributed by atoms with Crippen LogP contribution in [0.15, 0.2) is 42.5 Å². The first-order valence-electron chi connectivity index (χ1n) is 6.43. The van der Waals surface area contributed by atoms with Crippen LogP contribution >= 0.6 is 0 Å². The molecule has 2 N–H and O–H groups in total. The summed E-state index contributed by atoms with van der Waals surface area (Å²) in [6.45, 7) is 0. The Labute approximate surface area is 111 Å². The molecule has 1 aliphatic rings. The molecule has 0 fully saturated rings. The van der Waals surface area contributed by atoms with E-state index in [1.54, 1.807) is 12.1 Å². The molecule has 19 heavy (non-hydrogen) atoms. The van der Waals surface area contributed by atoms with E-state index in [-0.39, 0.29) is 12.0 Å².